The Morgan fingerprint density at radius 1 is 0.976 bits per heavy atom. The summed E-state index contributed by atoms with van der Waals surface area (Å²) in [6.45, 7) is 10.8. The number of allylic oxidation sites excluding steroid dienone is 10. The van der Waals surface area contributed by atoms with Gasteiger partial charge in [0.15, 0.2) is 5.78 Å². The van der Waals surface area contributed by atoms with Crippen molar-refractivity contribution < 1.29 is 9.53 Å². The average Bonchev–Trinajstić information content (AvgIpc) is 3.18. The quantitative estimate of drug-likeness (QED) is 0.317. The normalized spacial score (nSPS) is 32.2. The van der Waals surface area contributed by atoms with Gasteiger partial charge >= 0.3 is 0 Å². The zero-order chi connectivity index (χ0) is 28.8. The highest BCUT2D eigenvalue weighted by Crippen LogP contribution is 2.36. The van der Waals surface area contributed by atoms with Crippen LogP contribution in [0.2, 0.25) is 0 Å². The molecule has 3 atom stereocenters. The molecule has 2 bridgehead atoms. The van der Waals surface area contributed by atoms with Crippen LogP contribution in [0.4, 0.5) is 0 Å². The molecular weight excluding hydrogens is 506 g/mol. The summed E-state index contributed by atoms with van der Waals surface area (Å²) in [6, 6.07) is 0. The fraction of sp³-hybridized carbons (Fsp3) is 0.583. The van der Waals surface area contributed by atoms with Gasteiger partial charge < -0.3 is 9.64 Å². The Bertz CT molecular complexity index is 1230. The number of ketones is 1. The second-order valence-electron chi connectivity index (χ2n) is 12.7. The highest BCUT2D eigenvalue weighted by Gasteiger charge is 2.27. The Morgan fingerprint density at radius 2 is 1.78 bits per heavy atom. The Hall–Kier alpha value is -2.63. The van der Waals surface area contributed by atoms with Crippen LogP contribution >= 0.6 is 0 Å². The number of carbonyl (C=O) groups excluding carboxylic acids is 1. The molecule has 5 nitrogen and oxygen atoms in total. The molecule has 2 aliphatic carbocycles. The fourth-order valence-electron chi connectivity index (χ4n) is 7.14. The summed E-state index contributed by atoms with van der Waals surface area (Å²) in [7, 11) is 1.77. The van der Waals surface area contributed by atoms with E-state index >= 15 is 0 Å². The molecule has 5 aliphatic rings. The van der Waals surface area contributed by atoms with E-state index in [-0.39, 0.29) is 11.7 Å². The fourth-order valence-corrected chi connectivity index (χ4v) is 7.14. The van der Waals surface area contributed by atoms with Gasteiger partial charge in [-0.2, -0.15) is 0 Å². The first-order valence-electron chi connectivity index (χ1n) is 16.0. The largest absolute Gasteiger partial charge is 0.383 e. The van der Waals surface area contributed by atoms with E-state index < -0.39 is 0 Å². The molecular formula is C36H49N3O2. The number of carbonyl (C=O) groups is 1. The first-order chi connectivity index (χ1) is 19.9. The van der Waals surface area contributed by atoms with Crippen molar-refractivity contribution in [3.63, 3.8) is 0 Å². The third-order valence-corrected chi connectivity index (χ3v) is 9.73. The number of ether oxygens (including phenoxy) is 1. The second kappa shape index (κ2) is 14.0. The second-order valence-corrected chi connectivity index (χ2v) is 12.7. The van der Waals surface area contributed by atoms with Gasteiger partial charge in [-0.05, 0) is 113 Å². The first-order valence-corrected chi connectivity index (χ1v) is 16.0. The monoisotopic (exact) mass is 555 g/mol. The van der Waals surface area contributed by atoms with Crippen LogP contribution in [0.1, 0.15) is 78.6 Å². The van der Waals surface area contributed by atoms with E-state index in [1.54, 1.807) is 13.2 Å². The average molecular weight is 556 g/mol. The van der Waals surface area contributed by atoms with Crippen LogP contribution in [0.5, 0.6) is 0 Å². The topological polar surface area (TPSA) is 54.3 Å². The van der Waals surface area contributed by atoms with Crippen LogP contribution in [-0.2, 0) is 9.53 Å². The lowest BCUT2D eigenvalue weighted by atomic mass is 9.88. The number of hydrogen-bond donors (Lipinski definition) is 0. The molecule has 0 amide bonds. The summed E-state index contributed by atoms with van der Waals surface area (Å²) >= 11 is 0. The van der Waals surface area contributed by atoms with Crippen molar-refractivity contribution in [1.29, 1.82) is 0 Å². The molecule has 3 unspecified atom stereocenters. The molecule has 0 spiro atoms. The molecule has 0 aromatic rings. The van der Waals surface area contributed by atoms with Gasteiger partial charge in [-0.15, -0.1) is 0 Å². The lowest BCUT2D eigenvalue weighted by Crippen LogP contribution is -2.36. The number of methoxy groups -OCH3 is 1. The summed E-state index contributed by atoms with van der Waals surface area (Å²) in [5, 5.41) is 0. The Kier molecular flexibility index (Phi) is 10.2. The van der Waals surface area contributed by atoms with E-state index in [1.807, 2.05) is 6.21 Å². The van der Waals surface area contributed by atoms with E-state index in [4.69, 9.17) is 14.7 Å². The molecule has 0 aromatic carbocycles. The van der Waals surface area contributed by atoms with E-state index in [9.17, 15) is 4.79 Å². The highest BCUT2D eigenvalue weighted by atomic mass is 16.5. The standard InChI is InChI=1S/C36H49N3O2/c1-5-28-21-32-20-27(18-25(28)2)8-6-9-30(19-26(32)3)35-23-33(40)22-31-10-7-11-34(37-24-36(31)38-35)29-12-14-39(15-13-29)16-17-41-4/h9,11,18-19,21,23-24,27-29,31H,5-8,10,12-17,20,22H2,1-4H3/b26-19-,30-9+,34-11-,37-24?. The third kappa shape index (κ3) is 7.61. The van der Waals surface area contributed by atoms with Crippen molar-refractivity contribution >= 4 is 17.7 Å². The number of likely N-dealkylation sites (tertiary alicyclic amines) is 1. The predicted molar refractivity (Wildman–Crippen MR) is 170 cm³/mol. The minimum absolute atomic E-state index is 0.125. The van der Waals surface area contributed by atoms with E-state index in [0.29, 0.717) is 24.2 Å². The van der Waals surface area contributed by atoms with E-state index in [2.05, 4.69) is 56.1 Å². The molecule has 3 aliphatic heterocycles. The number of piperidine rings is 1. The Morgan fingerprint density at radius 3 is 2.56 bits per heavy atom. The van der Waals surface area contributed by atoms with Crippen LogP contribution in [-0.4, -0.2) is 56.0 Å². The molecule has 220 valence electrons. The number of fused-ring (bicyclic) bond motifs is 3. The van der Waals surface area contributed by atoms with Crippen molar-refractivity contribution in [3.8, 4) is 0 Å². The minimum atomic E-state index is 0.125. The van der Waals surface area contributed by atoms with Crippen LogP contribution < -0.4 is 0 Å². The van der Waals surface area contributed by atoms with Gasteiger partial charge in [0, 0.05) is 49.9 Å². The van der Waals surface area contributed by atoms with Crippen LogP contribution in [0.25, 0.3) is 0 Å². The molecule has 5 heteroatoms. The van der Waals surface area contributed by atoms with E-state index in [0.717, 1.165) is 94.6 Å². The van der Waals surface area contributed by atoms with Crippen LogP contribution in [0.3, 0.4) is 0 Å². The number of rotatable bonds is 6. The maximum atomic E-state index is 13.2. The SMILES string of the molecule is CCC1C=C2CC(C=C1C)CC/C=C(C1=CC(=O)CC3CC/C=C(/C4CCN(CCOC)CC4)N=CC3=N1)\C=C/2C. The van der Waals surface area contributed by atoms with Gasteiger partial charge in [-0.1, -0.05) is 36.8 Å². The first kappa shape index (κ1) is 29.8. The maximum Gasteiger partial charge on any atom is 0.158 e. The predicted octanol–water partition coefficient (Wildman–Crippen LogP) is 7.59. The smallest absolute Gasteiger partial charge is 0.158 e. The molecule has 0 N–H and O–H groups in total. The van der Waals surface area contributed by atoms with Crippen molar-refractivity contribution in [1.82, 2.24) is 4.90 Å². The lowest BCUT2D eigenvalue weighted by Gasteiger charge is -2.32. The van der Waals surface area contributed by atoms with Gasteiger partial charge in [0.1, 0.15) is 0 Å². The third-order valence-electron chi connectivity index (χ3n) is 9.73. The molecule has 0 saturated carbocycles. The maximum absolute atomic E-state index is 13.2. The van der Waals surface area contributed by atoms with Crippen LogP contribution in [0, 0.1) is 23.7 Å². The van der Waals surface area contributed by atoms with Gasteiger partial charge in [0.25, 0.3) is 0 Å². The molecule has 5 rings (SSSR count). The lowest BCUT2D eigenvalue weighted by molar-refractivity contribution is -0.115. The van der Waals surface area contributed by atoms with Crippen LogP contribution in [0.15, 0.2) is 80.1 Å². The van der Waals surface area contributed by atoms with Crippen molar-refractivity contribution in [3.05, 3.63) is 70.1 Å². The molecule has 41 heavy (non-hydrogen) atoms. The number of aliphatic imine (C=N–C) groups is 2. The Balaban J connectivity index is 1.38. The summed E-state index contributed by atoms with van der Waals surface area (Å²) in [5.41, 5.74) is 8.32. The van der Waals surface area contributed by atoms with Gasteiger partial charge in [0.05, 0.1) is 18.0 Å². The van der Waals surface area contributed by atoms with Gasteiger partial charge in [0.2, 0.25) is 0 Å². The van der Waals surface area contributed by atoms with Gasteiger partial charge in [-0.3, -0.25) is 14.8 Å². The summed E-state index contributed by atoms with van der Waals surface area (Å²) < 4.78 is 5.27. The van der Waals surface area contributed by atoms with Crippen molar-refractivity contribution in [2.75, 3.05) is 33.4 Å². The summed E-state index contributed by atoms with van der Waals surface area (Å²) in [5.74, 6) is 1.87. The molecule has 0 aromatic heterocycles. The van der Waals surface area contributed by atoms with E-state index in [1.165, 1.54) is 22.4 Å². The zero-order valence-electron chi connectivity index (χ0n) is 25.7. The Labute approximate surface area is 247 Å². The molecule has 0 radical (unpaired) electrons. The molecule has 1 saturated heterocycles. The van der Waals surface area contributed by atoms with Crippen molar-refractivity contribution in [2.24, 2.45) is 33.7 Å². The molecule has 1 fully saturated rings. The van der Waals surface area contributed by atoms with Crippen molar-refractivity contribution in [2.45, 2.75) is 78.6 Å². The highest BCUT2D eigenvalue weighted by molar-refractivity contribution is 6.33. The number of hydrogen-bond acceptors (Lipinski definition) is 5. The summed E-state index contributed by atoms with van der Waals surface area (Å²) in [6.07, 6.45) is 24.7. The molecule has 3 heterocycles. The van der Waals surface area contributed by atoms with Gasteiger partial charge in [-0.25, -0.2) is 0 Å². The zero-order valence-corrected chi connectivity index (χ0v) is 25.7. The number of nitrogens with zero attached hydrogens (tertiary/aromatic N) is 3. The minimum Gasteiger partial charge on any atom is -0.383 e. The summed E-state index contributed by atoms with van der Waals surface area (Å²) in [4.78, 5) is 25.9.